The Kier molecular flexibility index (Phi) is 6.42. The van der Waals surface area contributed by atoms with E-state index in [-0.39, 0.29) is 11.4 Å². The van der Waals surface area contributed by atoms with Crippen LogP contribution in [0.3, 0.4) is 0 Å². The van der Waals surface area contributed by atoms with E-state index in [1.165, 1.54) is 5.56 Å². The van der Waals surface area contributed by atoms with Crippen molar-refractivity contribution in [1.82, 2.24) is 15.1 Å². The fourth-order valence-electron chi connectivity index (χ4n) is 2.78. The van der Waals surface area contributed by atoms with E-state index in [2.05, 4.69) is 36.5 Å². The largest absolute Gasteiger partial charge is 0.383 e. The number of amides is 2. The minimum atomic E-state index is -0.225. The number of hydrogen-bond donors (Lipinski definition) is 2. The molecule has 2 rings (SSSR count). The maximum atomic E-state index is 12.2. The smallest absolute Gasteiger partial charge is 0.319 e. The number of ether oxygens (including phenoxy) is 1. The summed E-state index contributed by atoms with van der Waals surface area (Å²) in [5, 5.41) is 10.3. The average Bonchev–Trinajstić information content (AvgIpc) is 2.84. The van der Waals surface area contributed by atoms with E-state index < -0.39 is 0 Å². The highest BCUT2D eigenvalue weighted by Crippen LogP contribution is 2.23. The van der Waals surface area contributed by atoms with E-state index in [1.807, 2.05) is 42.8 Å². The number of hydrogen-bond acceptors (Lipinski definition) is 3. The minimum Gasteiger partial charge on any atom is -0.383 e. The molecule has 0 unspecified atom stereocenters. The summed E-state index contributed by atoms with van der Waals surface area (Å²) in [7, 11) is 1.67. The first-order chi connectivity index (χ1) is 12.2. The van der Waals surface area contributed by atoms with Crippen molar-refractivity contribution in [3.05, 3.63) is 46.8 Å². The molecule has 2 N–H and O–H groups in total. The average molecular weight is 358 g/mol. The van der Waals surface area contributed by atoms with E-state index in [9.17, 15) is 4.79 Å². The Balaban J connectivity index is 1.94. The zero-order valence-electron chi connectivity index (χ0n) is 16.6. The van der Waals surface area contributed by atoms with Gasteiger partial charge in [-0.05, 0) is 37.0 Å². The molecule has 0 saturated carbocycles. The monoisotopic (exact) mass is 358 g/mol. The fourth-order valence-corrected chi connectivity index (χ4v) is 2.78. The second-order valence-electron chi connectivity index (χ2n) is 7.50. The summed E-state index contributed by atoms with van der Waals surface area (Å²) in [4.78, 5) is 12.2. The van der Waals surface area contributed by atoms with Crippen molar-refractivity contribution in [3.63, 3.8) is 0 Å². The molecule has 0 fully saturated rings. The SMILES string of the molecule is COCCn1nc(C)c(CNC(=O)Nc2ccc(C(C)(C)C)cc2)c1C. The summed E-state index contributed by atoms with van der Waals surface area (Å²) < 4.78 is 7.02. The second kappa shape index (κ2) is 8.36. The molecule has 0 aliphatic heterocycles. The van der Waals surface area contributed by atoms with Gasteiger partial charge in [0.1, 0.15) is 0 Å². The Morgan fingerprint density at radius 1 is 1.19 bits per heavy atom. The molecule has 0 saturated heterocycles. The maximum absolute atomic E-state index is 12.2. The number of benzene rings is 1. The molecule has 0 bridgehead atoms. The molecule has 142 valence electrons. The van der Waals surface area contributed by atoms with Gasteiger partial charge in [0.15, 0.2) is 0 Å². The minimum absolute atomic E-state index is 0.0960. The summed E-state index contributed by atoms with van der Waals surface area (Å²) in [6.45, 7) is 12.2. The van der Waals surface area contributed by atoms with Gasteiger partial charge in [-0.3, -0.25) is 4.68 Å². The van der Waals surface area contributed by atoms with Gasteiger partial charge in [-0.25, -0.2) is 4.79 Å². The van der Waals surface area contributed by atoms with Crippen LogP contribution in [0.1, 0.15) is 43.3 Å². The molecule has 2 aromatic rings. The molecule has 26 heavy (non-hydrogen) atoms. The van der Waals surface area contributed by atoms with Crippen molar-refractivity contribution in [2.24, 2.45) is 0 Å². The highest BCUT2D eigenvalue weighted by Gasteiger charge is 2.14. The van der Waals surface area contributed by atoms with Crippen LogP contribution in [0.4, 0.5) is 10.5 Å². The van der Waals surface area contributed by atoms with Crippen molar-refractivity contribution in [1.29, 1.82) is 0 Å². The lowest BCUT2D eigenvalue weighted by molar-refractivity contribution is 0.182. The fraction of sp³-hybridized carbons (Fsp3) is 0.500. The maximum Gasteiger partial charge on any atom is 0.319 e. The predicted octanol–water partition coefficient (Wildman–Crippen LogP) is 3.77. The molecular weight excluding hydrogens is 328 g/mol. The van der Waals surface area contributed by atoms with Gasteiger partial charge in [0, 0.05) is 30.6 Å². The van der Waals surface area contributed by atoms with Gasteiger partial charge in [0.05, 0.1) is 18.8 Å². The summed E-state index contributed by atoms with van der Waals surface area (Å²) in [5.41, 5.74) is 5.12. The van der Waals surface area contributed by atoms with Gasteiger partial charge >= 0.3 is 6.03 Å². The third-order valence-electron chi connectivity index (χ3n) is 4.47. The Morgan fingerprint density at radius 2 is 1.85 bits per heavy atom. The third kappa shape index (κ3) is 5.08. The molecule has 0 radical (unpaired) electrons. The number of carbonyl (C=O) groups is 1. The first-order valence-electron chi connectivity index (χ1n) is 8.89. The van der Waals surface area contributed by atoms with Crippen LogP contribution in [0.15, 0.2) is 24.3 Å². The summed E-state index contributed by atoms with van der Waals surface area (Å²) >= 11 is 0. The Labute approximate surface area is 155 Å². The summed E-state index contributed by atoms with van der Waals surface area (Å²) in [6.07, 6.45) is 0. The normalized spacial score (nSPS) is 11.5. The van der Waals surface area contributed by atoms with Gasteiger partial charge in [0.2, 0.25) is 0 Å². The Bertz CT molecular complexity index is 742. The standard InChI is InChI=1S/C20H30N4O2/c1-14-18(15(2)24(23-14)11-12-26-6)13-21-19(25)22-17-9-7-16(8-10-17)20(3,4)5/h7-10H,11-13H2,1-6H3,(H2,21,22,25). The van der Waals surface area contributed by atoms with Crippen LogP contribution in [0.5, 0.6) is 0 Å². The predicted molar refractivity (Wildman–Crippen MR) is 105 cm³/mol. The van der Waals surface area contributed by atoms with Crippen molar-refractivity contribution < 1.29 is 9.53 Å². The first-order valence-corrected chi connectivity index (χ1v) is 8.89. The second-order valence-corrected chi connectivity index (χ2v) is 7.50. The number of aryl methyl sites for hydroxylation is 1. The van der Waals surface area contributed by atoms with Gasteiger partial charge in [-0.2, -0.15) is 5.10 Å². The number of anilines is 1. The van der Waals surface area contributed by atoms with Crippen molar-refractivity contribution in [2.75, 3.05) is 19.0 Å². The molecule has 0 spiro atoms. The van der Waals surface area contributed by atoms with Gasteiger partial charge in [-0.1, -0.05) is 32.9 Å². The molecular formula is C20H30N4O2. The number of methoxy groups -OCH3 is 1. The van der Waals surface area contributed by atoms with E-state index in [4.69, 9.17) is 4.74 Å². The van der Waals surface area contributed by atoms with E-state index in [1.54, 1.807) is 7.11 Å². The van der Waals surface area contributed by atoms with E-state index in [0.717, 1.165) is 22.6 Å². The number of aromatic nitrogens is 2. The van der Waals surface area contributed by atoms with Crippen LogP contribution in [-0.4, -0.2) is 29.5 Å². The van der Waals surface area contributed by atoms with Crippen molar-refractivity contribution in [2.45, 2.75) is 53.1 Å². The van der Waals surface area contributed by atoms with Crippen LogP contribution in [-0.2, 0) is 23.2 Å². The molecule has 1 aromatic carbocycles. The molecule has 0 atom stereocenters. The summed E-state index contributed by atoms with van der Waals surface area (Å²) in [6, 6.07) is 7.73. The Morgan fingerprint density at radius 3 is 2.42 bits per heavy atom. The van der Waals surface area contributed by atoms with Crippen molar-refractivity contribution in [3.8, 4) is 0 Å². The van der Waals surface area contributed by atoms with Gasteiger partial charge < -0.3 is 15.4 Å². The molecule has 0 aliphatic rings. The molecule has 1 aromatic heterocycles. The number of nitrogens with one attached hydrogen (secondary N) is 2. The van der Waals surface area contributed by atoms with Crippen LogP contribution < -0.4 is 10.6 Å². The lowest BCUT2D eigenvalue weighted by atomic mass is 9.87. The third-order valence-corrected chi connectivity index (χ3v) is 4.47. The topological polar surface area (TPSA) is 68.2 Å². The van der Waals surface area contributed by atoms with Gasteiger partial charge in [-0.15, -0.1) is 0 Å². The lowest BCUT2D eigenvalue weighted by Gasteiger charge is -2.19. The van der Waals surface area contributed by atoms with Crippen LogP contribution >= 0.6 is 0 Å². The molecule has 6 nitrogen and oxygen atoms in total. The molecule has 0 aliphatic carbocycles. The quantitative estimate of drug-likeness (QED) is 0.826. The molecule has 6 heteroatoms. The number of rotatable bonds is 6. The summed E-state index contributed by atoms with van der Waals surface area (Å²) in [5.74, 6) is 0. The molecule has 2 amide bonds. The van der Waals surface area contributed by atoms with E-state index in [0.29, 0.717) is 19.7 Å². The highest BCUT2D eigenvalue weighted by molar-refractivity contribution is 5.89. The lowest BCUT2D eigenvalue weighted by Crippen LogP contribution is -2.28. The number of carbonyl (C=O) groups excluding carboxylic acids is 1. The highest BCUT2D eigenvalue weighted by atomic mass is 16.5. The van der Waals surface area contributed by atoms with E-state index >= 15 is 0 Å². The number of urea groups is 1. The van der Waals surface area contributed by atoms with Crippen LogP contribution in [0.25, 0.3) is 0 Å². The number of nitrogens with zero attached hydrogens (tertiary/aromatic N) is 2. The van der Waals surface area contributed by atoms with Crippen LogP contribution in [0.2, 0.25) is 0 Å². The zero-order chi connectivity index (χ0) is 19.3. The Hall–Kier alpha value is -2.34. The van der Waals surface area contributed by atoms with Gasteiger partial charge in [0.25, 0.3) is 0 Å². The zero-order valence-corrected chi connectivity index (χ0v) is 16.6. The van der Waals surface area contributed by atoms with Crippen LogP contribution in [0, 0.1) is 13.8 Å². The van der Waals surface area contributed by atoms with Crippen molar-refractivity contribution >= 4 is 11.7 Å². The first kappa shape index (κ1) is 20.0. The molecule has 1 heterocycles.